The van der Waals surface area contributed by atoms with Crippen molar-refractivity contribution in [1.82, 2.24) is 34.9 Å². The Hall–Kier alpha value is -9.20. The summed E-state index contributed by atoms with van der Waals surface area (Å²) >= 11 is 0. The zero-order chi connectivity index (χ0) is 46.0. The number of hydrogen-bond acceptors (Lipinski definition) is 6. The summed E-state index contributed by atoms with van der Waals surface area (Å²) in [6, 6.07) is 86.6. The quantitative estimate of drug-likeness (QED) is 0.120. The SMILES string of the molecule is c1ccc(C(c2ccccc2)(c2cccc(-c3ccccn3)c2)c2ccc3c4ccc(C(c5ccccc5)(c5ccccc5)c5cccc(-c6ccccn6)c5)cc4n(-c4nncnn4)c3c2)cc1. The number of pyridine rings is 2. The van der Waals surface area contributed by atoms with Gasteiger partial charge in [-0.15, -0.1) is 20.4 Å². The van der Waals surface area contributed by atoms with E-state index in [4.69, 9.17) is 9.97 Å². The lowest BCUT2D eigenvalue weighted by atomic mass is 9.64. The lowest BCUT2D eigenvalue weighted by Crippen LogP contribution is -2.31. The van der Waals surface area contributed by atoms with Crippen LogP contribution in [-0.2, 0) is 10.8 Å². The smallest absolute Gasteiger partial charge is 0.273 e. The summed E-state index contributed by atoms with van der Waals surface area (Å²) in [5.74, 6) is 0.371. The Balaban J connectivity index is 1.17. The summed E-state index contributed by atoms with van der Waals surface area (Å²) in [7, 11) is 0. The Morgan fingerprint density at radius 1 is 0.304 bits per heavy atom. The van der Waals surface area contributed by atoms with E-state index in [0.717, 1.165) is 88.8 Å². The number of nitrogens with zero attached hydrogens (tertiary/aromatic N) is 7. The third kappa shape index (κ3) is 6.98. The molecule has 0 aliphatic rings. The fraction of sp³-hybridized carbons (Fsp3) is 0.0323. The molecule has 4 heterocycles. The Morgan fingerprint density at radius 2 is 0.667 bits per heavy atom. The van der Waals surface area contributed by atoms with Gasteiger partial charge in [0.25, 0.3) is 5.95 Å². The van der Waals surface area contributed by atoms with Gasteiger partial charge in [0, 0.05) is 34.3 Å². The van der Waals surface area contributed by atoms with E-state index in [2.05, 4.69) is 243 Å². The van der Waals surface area contributed by atoms with Crippen molar-refractivity contribution in [2.45, 2.75) is 10.8 Å². The maximum Gasteiger partial charge on any atom is 0.273 e. The first-order valence-electron chi connectivity index (χ1n) is 23.1. The van der Waals surface area contributed by atoms with Crippen molar-refractivity contribution < 1.29 is 0 Å². The van der Waals surface area contributed by atoms with Crippen LogP contribution < -0.4 is 0 Å². The molecule has 0 saturated carbocycles. The highest BCUT2D eigenvalue weighted by atomic mass is 15.3. The van der Waals surface area contributed by atoms with E-state index >= 15 is 0 Å². The summed E-state index contributed by atoms with van der Waals surface area (Å²) in [6.07, 6.45) is 5.07. The van der Waals surface area contributed by atoms with Crippen LogP contribution >= 0.6 is 0 Å². The molecule has 0 radical (unpaired) electrons. The van der Waals surface area contributed by atoms with E-state index in [1.807, 2.05) is 36.7 Å². The molecule has 12 aromatic rings. The van der Waals surface area contributed by atoms with Crippen molar-refractivity contribution in [3.05, 3.63) is 306 Å². The van der Waals surface area contributed by atoms with Crippen LogP contribution in [0.15, 0.2) is 261 Å². The summed E-state index contributed by atoms with van der Waals surface area (Å²) < 4.78 is 2.13. The molecule has 4 aromatic heterocycles. The van der Waals surface area contributed by atoms with Crippen molar-refractivity contribution in [2.24, 2.45) is 0 Å². The van der Waals surface area contributed by atoms with Crippen LogP contribution in [0, 0.1) is 0 Å². The molecule has 7 heteroatoms. The van der Waals surface area contributed by atoms with Crippen molar-refractivity contribution in [3.8, 4) is 28.5 Å². The van der Waals surface area contributed by atoms with Crippen molar-refractivity contribution in [2.75, 3.05) is 0 Å². The van der Waals surface area contributed by atoms with Crippen LogP contribution in [0.25, 0.3) is 50.3 Å². The van der Waals surface area contributed by atoms with Crippen LogP contribution in [0.2, 0.25) is 0 Å². The summed E-state index contributed by atoms with van der Waals surface area (Å²) in [6.45, 7) is 0. The first-order valence-corrected chi connectivity index (χ1v) is 23.1. The Labute approximate surface area is 400 Å². The Bertz CT molecular complexity index is 3390. The third-order valence-electron chi connectivity index (χ3n) is 13.6. The molecule has 0 spiro atoms. The monoisotopic (exact) mass is 885 g/mol. The highest BCUT2D eigenvalue weighted by molar-refractivity contribution is 6.09. The highest BCUT2D eigenvalue weighted by Crippen LogP contribution is 2.50. The molecular weight excluding hydrogens is 843 g/mol. The van der Waals surface area contributed by atoms with Crippen molar-refractivity contribution in [3.63, 3.8) is 0 Å². The molecule has 69 heavy (non-hydrogen) atoms. The van der Waals surface area contributed by atoms with Gasteiger partial charge < -0.3 is 0 Å². The fourth-order valence-corrected chi connectivity index (χ4v) is 10.6. The first-order chi connectivity index (χ1) is 34.2. The molecule has 12 rings (SSSR count). The number of aromatic nitrogens is 7. The second-order valence-corrected chi connectivity index (χ2v) is 17.2. The lowest BCUT2D eigenvalue weighted by Gasteiger charge is -2.37. The predicted octanol–water partition coefficient (Wildman–Crippen LogP) is 13.3. The normalized spacial score (nSPS) is 11.8. The average molecular weight is 886 g/mol. The van der Waals surface area contributed by atoms with E-state index in [1.165, 1.54) is 6.33 Å². The molecular formula is C62H43N7. The van der Waals surface area contributed by atoms with E-state index in [9.17, 15) is 0 Å². The van der Waals surface area contributed by atoms with E-state index in [-0.39, 0.29) is 0 Å². The molecule has 8 aromatic carbocycles. The van der Waals surface area contributed by atoms with Gasteiger partial charge in [-0.25, -0.2) is 0 Å². The van der Waals surface area contributed by atoms with Crippen molar-refractivity contribution >= 4 is 21.8 Å². The molecule has 0 bridgehead atoms. The number of benzene rings is 8. The summed E-state index contributed by atoms with van der Waals surface area (Å²) in [5, 5.41) is 20.0. The van der Waals surface area contributed by atoms with E-state index in [0.29, 0.717) is 5.95 Å². The second kappa shape index (κ2) is 17.5. The first kappa shape index (κ1) is 41.2. The molecule has 0 N–H and O–H groups in total. The highest BCUT2D eigenvalue weighted by Gasteiger charge is 2.41. The zero-order valence-corrected chi connectivity index (χ0v) is 37.5. The van der Waals surface area contributed by atoms with Gasteiger partial charge in [-0.1, -0.05) is 194 Å². The Kier molecular flexibility index (Phi) is 10.5. The Morgan fingerprint density at radius 3 is 1.04 bits per heavy atom. The maximum atomic E-state index is 4.77. The van der Waals surface area contributed by atoms with Gasteiger partial charge in [0.15, 0.2) is 6.33 Å². The van der Waals surface area contributed by atoms with Gasteiger partial charge in [0.05, 0.1) is 33.3 Å². The molecule has 0 fully saturated rings. The summed E-state index contributed by atoms with van der Waals surface area (Å²) in [4.78, 5) is 9.54. The van der Waals surface area contributed by atoms with E-state index in [1.54, 1.807) is 0 Å². The topological polar surface area (TPSA) is 82.3 Å². The van der Waals surface area contributed by atoms with Crippen LogP contribution in [0.5, 0.6) is 0 Å². The molecule has 0 aliphatic heterocycles. The average Bonchev–Trinajstić information content (AvgIpc) is 3.76. The molecule has 0 saturated heterocycles. The minimum atomic E-state index is -0.767. The van der Waals surface area contributed by atoms with Gasteiger partial charge in [0.1, 0.15) is 0 Å². The standard InChI is InChI=1S/C62H43N7/c1-5-21-46(22-6-1)61(47-23-7-2-8-24-47,50-29-17-19-44(39-50)56-31-13-15-37-63-56)52-33-35-54-55-36-34-53(42-59(55)69(58(54)41-52)60-67-65-43-66-68-60)62(48-25-9-3-10-26-48,49-27-11-4-12-28-49)51-30-18-20-45(40-51)57-32-14-16-38-64-57/h1-43H. The van der Waals surface area contributed by atoms with Crippen LogP contribution in [-0.4, -0.2) is 34.9 Å². The number of fused-ring (bicyclic) bond motifs is 3. The van der Waals surface area contributed by atoms with Crippen molar-refractivity contribution in [1.29, 1.82) is 0 Å². The maximum absolute atomic E-state index is 4.77. The van der Waals surface area contributed by atoms with Gasteiger partial charge >= 0.3 is 0 Å². The van der Waals surface area contributed by atoms with Gasteiger partial charge in [0.2, 0.25) is 0 Å². The largest absolute Gasteiger partial charge is 0.275 e. The van der Waals surface area contributed by atoms with Gasteiger partial charge in [-0.2, -0.15) is 0 Å². The third-order valence-corrected chi connectivity index (χ3v) is 13.6. The predicted molar refractivity (Wildman–Crippen MR) is 275 cm³/mol. The van der Waals surface area contributed by atoms with E-state index < -0.39 is 10.8 Å². The molecule has 7 nitrogen and oxygen atoms in total. The summed E-state index contributed by atoms with van der Waals surface area (Å²) in [5.41, 5.74) is 13.1. The molecule has 0 atom stereocenters. The second-order valence-electron chi connectivity index (χ2n) is 17.2. The van der Waals surface area contributed by atoms with Crippen LogP contribution in [0.4, 0.5) is 0 Å². The fourth-order valence-electron chi connectivity index (χ4n) is 10.6. The van der Waals surface area contributed by atoms with Crippen LogP contribution in [0.3, 0.4) is 0 Å². The van der Waals surface area contributed by atoms with Crippen LogP contribution in [0.1, 0.15) is 44.5 Å². The van der Waals surface area contributed by atoms with Gasteiger partial charge in [-0.3, -0.25) is 14.5 Å². The molecule has 0 unspecified atom stereocenters. The number of rotatable bonds is 11. The molecule has 0 amide bonds. The minimum absolute atomic E-state index is 0.371. The lowest BCUT2D eigenvalue weighted by molar-refractivity contribution is 0.744. The number of hydrogen-bond donors (Lipinski definition) is 0. The van der Waals surface area contributed by atoms with Gasteiger partial charge in [-0.05, 0) is 93.0 Å². The molecule has 0 aliphatic carbocycles. The molecule has 326 valence electrons. The zero-order valence-electron chi connectivity index (χ0n) is 37.5. The minimum Gasteiger partial charge on any atom is -0.275 e.